The highest BCUT2D eigenvalue weighted by Crippen LogP contribution is 2.28. The van der Waals surface area contributed by atoms with Crippen LogP contribution in [0.25, 0.3) is 0 Å². The van der Waals surface area contributed by atoms with E-state index in [1.54, 1.807) is 34.9 Å². The molecule has 1 aliphatic rings. The minimum absolute atomic E-state index is 0.0694. The van der Waals surface area contributed by atoms with Gasteiger partial charge in [-0.05, 0) is 43.5 Å². The number of amides is 2. The van der Waals surface area contributed by atoms with Crippen LogP contribution in [-0.2, 0) is 16.1 Å². The summed E-state index contributed by atoms with van der Waals surface area (Å²) in [5.41, 5.74) is 0.675. The molecule has 0 aromatic heterocycles. The Kier molecular flexibility index (Phi) is 10.4. The number of carbonyl (C=O) groups is 2. The predicted molar refractivity (Wildman–Crippen MR) is 138 cm³/mol. The third-order valence-electron chi connectivity index (χ3n) is 6.06. The lowest BCUT2D eigenvalue weighted by molar-refractivity contribution is -0.141. The molecule has 1 N–H and O–H groups in total. The Hall–Kier alpha value is -1.69. The molecule has 1 saturated carbocycles. The lowest BCUT2D eigenvalue weighted by Crippen LogP contribution is -2.51. The Balaban J connectivity index is 1.75. The summed E-state index contributed by atoms with van der Waals surface area (Å²) >= 11 is 14.5. The molecule has 4 nitrogen and oxygen atoms in total. The standard InChI is InChI=1S/C26H32Cl2N2O2S/c1-2-24(26(32)29-19-10-5-3-6-11-19)30(18-21-22(27)14-9-15-23(21)28)25(31)16-17-33-20-12-7-4-8-13-20/h4,7-9,12-15,19,24H,2-3,5-6,10-11,16-18H2,1H3,(H,29,32)/t24-/m0/s1. The van der Waals surface area contributed by atoms with Crippen LogP contribution in [0.5, 0.6) is 0 Å². The molecule has 1 atom stereocenters. The zero-order valence-corrected chi connectivity index (χ0v) is 21.4. The first-order valence-electron chi connectivity index (χ1n) is 11.7. The minimum Gasteiger partial charge on any atom is -0.352 e. The van der Waals surface area contributed by atoms with Gasteiger partial charge in [-0.3, -0.25) is 9.59 Å². The van der Waals surface area contributed by atoms with Crippen LogP contribution in [0.3, 0.4) is 0 Å². The topological polar surface area (TPSA) is 49.4 Å². The highest BCUT2D eigenvalue weighted by Gasteiger charge is 2.31. The molecule has 0 aliphatic heterocycles. The van der Waals surface area contributed by atoms with E-state index in [1.165, 1.54) is 6.42 Å². The van der Waals surface area contributed by atoms with Crippen molar-refractivity contribution in [2.75, 3.05) is 5.75 Å². The van der Waals surface area contributed by atoms with Gasteiger partial charge in [-0.15, -0.1) is 11.8 Å². The van der Waals surface area contributed by atoms with Gasteiger partial charge in [0.05, 0.1) is 0 Å². The van der Waals surface area contributed by atoms with E-state index in [4.69, 9.17) is 23.2 Å². The molecule has 1 fully saturated rings. The molecule has 0 unspecified atom stereocenters. The quantitative estimate of drug-likeness (QED) is 0.363. The largest absolute Gasteiger partial charge is 0.352 e. The Morgan fingerprint density at radius 2 is 1.70 bits per heavy atom. The first kappa shape index (κ1) is 25.9. The first-order chi connectivity index (χ1) is 16.0. The number of carbonyl (C=O) groups excluding carboxylic acids is 2. The van der Waals surface area contributed by atoms with Crippen molar-refractivity contribution >= 4 is 46.8 Å². The van der Waals surface area contributed by atoms with E-state index in [9.17, 15) is 9.59 Å². The molecule has 0 bridgehead atoms. The molecule has 2 amide bonds. The molecule has 0 spiro atoms. The third kappa shape index (κ3) is 7.66. The summed E-state index contributed by atoms with van der Waals surface area (Å²) in [7, 11) is 0. The van der Waals surface area contributed by atoms with E-state index >= 15 is 0 Å². The average Bonchev–Trinajstić information content (AvgIpc) is 2.82. The monoisotopic (exact) mass is 506 g/mol. The number of benzene rings is 2. The minimum atomic E-state index is -0.562. The maximum Gasteiger partial charge on any atom is 0.243 e. The molecular formula is C26H32Cl2N2O2S. The summed E-state index contributed by atoms with van der Waals surface area (Å²) in [6, 6.07) is 14.9. The van der Waals surface area contributed by atoms with Crippen molar-refractivity contribution < 1.29 is 9.59 Å². The van der Waals surface area contributed by atoms with Crippen LogP contribution in [0.4, 0.5) is 0 Å². The molecule has 0 saturated heterocycles. The fourth-order valence-electron chi connectivity index (χ4n) is 4.23. The molecule has 3 rings (SSSR count). The van der Waals surface area contributed by atoms with E-state index in [0.29, 0.717) is 34.2 Å². The van der Waals surface area contributed by atoms with Crippen LogP contribution < -0.4 is 5.32 Å². The SMILES string of the molecule is CC[C@@H](C(=O)NC1CCCCC1)N(Cc1c(Cl)cccc1Cl)C(=O)CCSc1ccccc1. The van der Waals surface area contributed by atoms with Crippen molar-refractivity contribution in [2.45, 2.75) is 75.4 Å². The predicted octanol–water partition coefficient (Wildman–Crippen LogP) is 6.73. The van der Waals surface area contributed by atoms with Crippen molar-refractivity contribution in [1.29, 1.82) is 0 Å². The zero-order valence-electron chi connectivity index (χ0n) is 19.1. The fraction of sp³-hybridized carbons (Fsp3) is 0.462. The van der Waals surface area contributed by atoms with Crippen molar-refractivity contribution in [2.24, 2.45) is 0 Å². The van der Waals surface area contributed by atoms with Gasteiger partial charge in [0, 0.05) is 45.3 Å². The number of hydrogen-bond donors (Lipinski definition) is 1. The van der Waals surface area contributed by atoms with Gasteiger partial charge in [0.25, 0.3) is 0 Å². The average molecular weight is 508 g/mol. The number of nitrogens with one attached hydrogen (secondary N) is 1. The highest BCUT2D eigenvalue weighted by molar-refractivity contribution is 7.99. The Morgan fingerprint density at radius 3 is 2.33 bits per heavy atom. The van der Waals surface area contributed by atoms with E-state index in [1.807, 2.05) is 37.3 Å². The van der Waals surface area contributed by atoms with Crippen molar-refractivity contribution in [3.8, 4) is 0 Å². The highest BCUT2D eigenvalue weighted by atomic mass is 35.5. The summed E-state index contributed by atoms with van der Waals surface area (Å²) in [4.78, 5) is 29.5. The third-order valence-corrected chi connectivity index (χ3v) is 7.78. The van der Waals surface area contributed by atoms with Gasteiger partial charge in [0.1, 0.15) is 6.04 Å². The second kappa shape index (κ2) is 13.3. The van der Waals surface area contributed by atoms with Gasteiger partial charge in [-0.25, -0.2) is 0 Å². The first-order valence-corrected chi connectivity index (χ1v) is 13.4. The molecule has 7 heteroatoms. The lowest BCUT2D eigenvalue weighted by Gasteiger charge is -2.33. The van der Waals surface area contributed by atoms with E-state index in [0.717, 1.165) is 30.6 Å². The maximum absolute atomic E-state index is 13.4. The lowest BCUT2D eigenvalue weighted by atomic mass is 9.95. The van der Waals surface area contributed by atoms with Gasteiger partial charge < -0.3 is 10.2 Å². The molecule has 2 aromatic carbocycles. The second-order valence-corrected chi connectivity index (χ2v) is 10.4. The molecule has 178 valence electrons. The second-order valence-electron chi connectivity index (χ2n) is 8.40. The smallest absolute Gasteiger partial charge is 0.243 e. The Labute approximate surface area is 211 Å². The molecule has 33 heavy (non-hydrogen) atoms. The van der Waals surface area contributed by atoms with Crippen LogP contribution in [0.2, 0.25) is 10.0 Å². The van der Waals surface area contributed by atoms with Crippen molar-refractivity contribution in [1.82, 2.24) is 10.2 Å². The van der Waals surface area contributed by atoms with Crippen LogP contribution in [-0.4, -0.2) is 34.6 Å². The molecule has 0 radical (unpaired) electrons. The van der Waals surface area contributed by atoms with E-state index in [-0.39, 0.29) is 24.4 Å². The van der Waals surface area contributed by atoms with Gasteiger partial charge >= 0.3 is 0 Å². The van der Waals surface area contributed by atoms with Gasteiger partial charge in [0.2, 0.25) is 11.8 Å². The summed E-state index contributed by atoms with van der Waals surface area (Å²) in [5.74, 6) is 0.479. The number of halogens is 2. The van der Waals surface area contributed by atoms with Crippen LogP contribution in [0.15, 0.2) is 53.4 Å². The van der Waals surface area contributed by atoms with Crippen molar-refractivity contribution in [3.05, 3.63) is 64.1 Å². The maximum atomic E-state index is 13.4. The zero-order chi connectivity index (χ0) is 23.6. The van der Waals surface area contributed by atoms with Crippen molar-refractivity contribution in [3.63, 3.8) is 0 Å². The van der Waals surface area contributed by atoms with Crippen LogP contribution >= 0.6 is 35.0 Å². The Morgan fingerprint density at radius 1 is 1.03 bits per heavy atom. The van der Waals surface area contributed by atoms with Crippen LogP contribution in [0, 0.1) is 0 Å². The fourth-order valence-corrected chi connectivity index (χ4v) is 5.61. The Bertz CT molecular complexity index is 900. The number of rotatable bonds is 10. The van der Waals surface area contributed by atoms with E-state index in [2.05, 4.69) is 5.32 Å². The number of nitrogens with zero attached hydrogens (tertiary/aromatic N) is 1. The normalized spacial score (nSPS) is 15.1. The summed E-state index contributed by atoms with van der Waals surface area (Å²) in [5, 5.41) is 4.20. The molecule has 1 aliphatic carbocycles. The number of hydrogen-bond acceptors (Lipinski definition) is 3. The molecular weight excluding hydrogens is 475 g/mol. The van der Waals surface area contributed by atoms with Gasteiger partial charge in [0.15, 0.2) is 0 Å². The van der Waals surface area contributed by atoms with Gasteiger partial charge in [-0.2, -0.15) is 0 Å². The van der Waals surface area contributed by atoms with E-state index < -0.39 is 6.04 Å². The molecule has 2 aromatic rings. The molecule has 0 heterocycles. The summed E-state index contributed by atoms with van der Waals surface area (Å²) < 4.78 is 0. The van der Waals surface area contributed by atoms with Crippen LogP contribution in [0.1, 0.15) is 57.4 Å². The summed E-state index contributed by atoms with van der Waals surface area (Å²) in [6.07, 6.45) is 6.35. The summed E-state index contributed by atoms with van der Waals surface area (Å²) in [6.45, 7) is 2.16. The van der Waals surface area contributed by atoms with Gasteiger partial charge in [-0.1, -0.05) is 73.7 Å². The number of thioether (sulfide) groups is 1.